The molecule has 2 aromatic rings. The molecule has 0 aromatic heterocycles. The van der Waals surface area contributed by atoms with Crippen molar-refractivity contribution in [2.45, 2.75) is 13.8 Å². The third kappa shape index (κ3) is 7.17. The molecule has 0 atom stereocenters. The predicted octanol–water partition coefficient (Wildman–Crippen LogP) is 2.92. The summed E-state index contributed by atoms with van der Waals surface area (Å²) in [6.45, 7) is 3.85. The van der Waals surface area contributed by atoms with Crippen molar-refractivity contribution in [1.29, 1.82) is 0 Å². The smallest absolute Gasteiger partial charge is 0.243 e. The fourth-order valence-electron chi connectivity index (χ4n) is 2.88. The van der Waals surface area contributed by atoms with E-state index in [1.165, 1.54) is 4.90 Å². The number of halogens is 1. The third-order valence-electron chi connectivity index (χ3n) is 4.50. The van der Waals surface area contributed by atoms with E-state index in [1.807, 2.05) is 32.0 Å². The highest BCUT2D eigenvalue weighted by molar-refractivity contribution is 6.30. The lowest BCUT2D eigenvalue weighted by atomic mass is 10.1. The number of amides is 3. The zero-order valence-electron chi connectivity index (χ0n) is 17.7. The molecule has 0 bridgehead atoms. The standard InChI is InChI=1S/C22H27ClN4O3/c1-15-6-5-7-16(2)22(15)25-19(28)12-26(3)14-21(30)27(4)13-20(29)24-18-10-8-17(23)9-11-18/h5-11H,12-14H2,1-4H3,(H,24,29)(H,25,28). The quantitative estimate of drug-likeness (QED) is 0.674. The van der Waals surface area contributed by atoms with Crippen LogP contribution in [-0.2, 0) is 14.4 Å². The van der Waals surface area contributed by atoms with Crippen molar-refractivity contribution in [1.82, 2.24) is 9.80 Å². The molecule has 0 unspecified atom stereocenters. The van der Waals surface area contributed by atoms with E-state index >= 15 is 0 Å². The van der Waals surface area contributed by atoms with Gasteiger partial charge in [0, 0.05) is 23.4 Å². The van der Waals surface area contributed by atoms with Crippen LogP contribution in [0.25, 0.3) is 0 Å². The van der Waals surface area contributed by atoms with Crippen molar-refractivity contribution >= 4 is 40.7 Å². The van der Waals surface area contributed by atoms with Crippen LogP contribution in [0.15, 0.2) is 42.5 Å². The summed E-state index contributed by atoms with van der Waals surface area (Å²) in [6, 6.07) is 12.5. The third-order valence-corrected chi connectivity index (χ3v) is 4.75. The number of hydrogen-bond acceptors (Lipinski definition) is 4. The predicted molar refractivity (Wildman–Crippen MR) is 120 cm³/mol. The van der Waals surface area contributed by atoms with Crippen molar-refractivity contribution in [3.63, 3.8) is 0 Å². The van der Waals surface area contributed by atoms with E-state index in [9.17, 15) is 14.4 Å². The van der Waals surface area contributed by atoms with Gasteiger partial charge in [-0.3, -0.25) is 19.3 Å². The van der Waals surface area contributed by atoms with Gasteiger partial charge in [-0.25, -0.2) is 0 Å². The van der Waals surface area contributed by atoms with Crippen LogP contribution in [0.1, 0.15) is 11.1 Å². The molecule has 0 aliphatic rings. The fourth-order valence-corrected chi connectivity index (χ4v) is 3.01. The molecule has 0 fully saturated rings. The van der Waals surface area contributed by atoms with Crippen molar-refractivity contribution in [3.05, 3.63) is 58.6 Å². The van der Waals surface area contributed by atoms with Gasteiger partial charge in [0.15, 0.2) is 0 Å². The number of aryl methyl sites for hydroxylation is 2. The van der Waals surface area contributed by atoms with Crippen LogP contribution >= 0.6 is 11.6 Å². The first-order valence-corrected chi connectivity index (χ1v) is 9.87. The lowest BCUT2D eigenvalue weighted by Gasteiger charge is -2.21. The Balaban J connectivity index is 1.80. The van der Waals surface area contributed by atoms with E-state index in [4.69, 9.17) is 11.6 Å². The molecule has 2 rings (SSSR count). The van der Waals surface area contributed by atoms with Crippen molar-refractivity contribution < 1.29 is 14.4 Å². The lowest BCUT2D eigenvalue weighted by Crippen LogP contribution is -2.42. The largest absolute Gasteiger partial charge is 0.335 e. The van der Waals surface area contributed by atoms with Crippen LogP contribution in [0.4, 0.5) is 11.4 Å². The summed E-state index contributed by atoms with van der Waals surface area (Å²) in [7, 11) is 3.23. The Morgan fingerprint density at radius 3 is 2.00 bits per heavy atom. The van der Waals surface area contributed by atoms with E-state index in [0.717, 1.165) is 16.8 Å². The number of para-hydroxylation sites is 1. The van der Waals surface area contributed by atoms with Gasteiger partial charge < -0.3 is 15.5 Å². The first kappa shape index (κ1) is 23.4. The molecule has 0 saturated carbocycles. The molecule has 3 amide bonds. The summed E-state index contributed by atoms with van der Waals surface area (Å²) in [5.74, 6) is -0.780. The van der Waals surface area contributed by atoms with Crippen LogP contribution in [0.5, 0.6) is 0 Å². The Hall–Kier alpha value is -2.90. The molecule has 0 heterocycles. The van der Waals surface area contributed by atoms with Gasteiger partial charge in [-0.1, -0.05) is 29.8 Å². The molecule has 30 heavy (non-hydrogen) atoms. The monoisotopic (exact) mass is 430 g/mol. The summed E-state index contributed by atoms with van der Waals surface area (Å²) in [5, 5.41) is 6.18. The number of hydrogen-bond donors (Lipinski definition) is 2. The second-order valence-electron chi connectivity index (χ2n) is 7.29. The van der Waals surface area contributed by atoms with Gasteiger partial charge in [0.2, 0.25) is 17.7 Å². The molecule has 0 aliphatic heterocycles. The molecule has 0 saturated heterocycles. The van der Waals surface area contributed by atoms with Crippen LogP contribution in [0.2, 0.25) is 5.02 Å². The van der Waals surface area contributed by atoms with Gasteiger partial charge in [-0.05, 0) is 56.3 Å². The zero-order chi connectivity index (χ0) is 22.3. The van der Waals surface area contributed by atoms with E-state index in [2.05, 4.69) is 10.6 Å². The molecule has 2 aromatic carbocycles. The minimum Gasteiger partial charge on any atom is -0.335 e. The van der Waals surface area contributed by atoms with Crippen LogP contribution in [-0.4, -0.2) is 61.3 Å². The zero-order valence-corrected chi connectivity index (χ0v) is 18.4. The molecule has 160 valence electrons. The molecule has 8 heteroatoms. The molecule has 2 N–H and O–H groups in total. The number of rotatable bonds is 8. The summed E-state index contributed by atoms with van der Waals surface area (Å²) < 4.78 is 0. The number of carbonyl (C=O) groups is 3. The van der Waals surface area contributed by atoms with E-state index in [1.54, 1.807) is 43.3 Å². The lowest BCUT2D eigenvalue weighted by molar-refractivity contribution is -0.134. The van der Waals surface area contributed by atoms with Crippen LogP contribution < -0.4 is 10.6 Å². The van der Waals surface area contributed by atoms with Crippen LogP contribution in [0, 0.1) is 13.8 Å². The Morgan fingerprint density at radius 1 is 0.833 bits per heavy atom. The first-order valence-electron chi connectivity index (χ1n) is 9.49. The van der Waals surface area contributed by atoms with E-state index in [-0.39, 0.29) is 37.4 Å². The highest BCUT2D eigenvalue weighted by atomic mass is 35.5. The van der Waals surface area contributed by atoms with Gasteiger partial charge in [0.25, 0.3) is 0 Å². The van der Waals surface area contributed by atoms with Crippen molar-refractivity contribution in [3.8, 4) is 0 Å². The summed E-state index contributed by atoms with van der Waals surface area (Å²) in [4.78, 5) is 39.8. The Labute approximate surface area is 182 Å². The normalized spacial score (nSPS) is 10.6. The summed E-state index contributed by atoms with van der Waals surface area (Å²) in [6.07, 6.45) is 0. The molecule has 7 nitrogen and oxygen atoms in total. The molecular formula is C22H27ClN4O3. The van der Waals surface area contributed by atoms with Gasteiger partial charge in [0.05, 0.1) is 19.6 Å². The first-order chi connectivity index (χ1) is 14.2. The van der Waals surface area contributed by atoms with Gasteiger partial charge in [0.1, 0.15) is 0 Å². The maximum absolute atomic E-state index is 12.4. The SMILES string of the molecule is Cc1cccc(C)c1NC(=O)CN(C)CC(=O)N(C)CC(=O)Nc1ccc(Cl)cc1. The van der Waals surface area contributed by atoms with E-state index in [0.29, 0.717) is 10.7 Å². The van der Waals surface area contributed by atoms with Crippen LogP contribution in [0.3, 0.4) is 0 Å². The Bertz CT molecular complexity index is 895. The second-order valence-corrected chi connectivity index (χ2v) is 7.73. The van der Waals surface area contributed by atoms with Crippen molar-refractivity contribution in [2.75, 3.05) is 44.4 Å². The minimum atomic E-state index is -0.316. The highest BCUT2D eigenvalue weighted by Crippen LogP contribution is 2.19. The molecular weight excluding hydrogens is 404 g/mol. The van der Waals surface area contributed by atoms with Gasteiger partial charge in [-0.2, -0.15) is 0 Å². The second kappa shape index (κ2) is 10.8. The molecule has 0 spiro atoms. The molecule has 0 aliphatic carbocycles. The number of anilines is 2. The highest BCUT2D eigenvalue weighted by Gasteiger charge is 2.17. The summed E-state index contributed by atoms with van der Waals surface area (Å²) in [5.41, 5.74) is 3.35. The maximum Gasteiger partial charge on any atom is 0.243 e. The van der Waals surface area contributed by atoms with Gasteiger partial charge >= 0.3 is 0 Å². The minimum absolute atomic E-state index is 0.0187. The number of nitrogens with one attached hydrogen (secondary N) is 2. The number of likely N-dealkylation sites (N-methyl/N-ethyl adjacent to an activating group) is 2. The number of carbonyl (C=O) groups excluding carboxylic acids is 3. The summed E-state index contributed by atoms with van der Waals surface area (Å²) >= 11 is 5.82. The maximum atomic E-state index is 12.4. The number of benzene rings is 2. The number of nitrogens with zero attached hydrogens (tertiary/aromatic N) is 2. The average Bonchev–Trinajstić information content (AvgIpc) is 2.66. The Morgan fingerprint density at radius 2 is 1.40 bits per heavy atom. The Kier molecular flexibility index (Phi) is 8.38. The van der Waals surface area contributed by atoms with Crippen molar-refractivity contribution in [2.24, 2.45) is 0 Å². The average molecular weight is 431 g/mol. The topological polar surface area (TPSA) is 81.8 Å². The fraction of sp³-hybridized carbons (Fsp3) is 0.318. The molecule has 0 radical (unpaired) electrons. The van der Waals surface area contributed by atoms with Gasteiger partial charge in [-0.15, -0.1) is 0 Å². The van der Waals surface area contributed by atoms with E-state index < -0.39 is 0 Å².